The van der Waals surface area contributed by atoms with Gasteiger partial charge in [0, 0.05) is 16.7 Å². The predicted molar refractivity (Wildman–Crippen MR) is 75.9 cm³/mol. The number of carbonyl (C=O) groups excluding carboxylic acids is 1. The second kappa shape index (κ2) is 5.51. The van der Waals surface area contributed by atoms with Crippen LogP contribution in [0, 0.1) is 0 Å². The summed E-state index contributed by atoms with van der Waals surface area (Å²) in [6, 6.07) is 8.06. The molecule has 0 saturated heterocycles. The van der Waals surface area contributed by atoms with E-state index in [1.165, 1.54) is 0 Å². The molecule has 0 spiro atoms. The molecule has 1 fully saturated rings. The Kier molecular flexibility index (Phi) is 4.20. The summed E-state index contributed by atoms with van der Waals surface area (Å²) >= 11 is 7.65. The van der Waals surface area contributed by atoms with Crippen molar-refractivity contribution in [3.05, 3.63) is 29.3 Å². The van der Waals surface area contributed by atoms with Gasteiger partial charge < -0.3 is 11.1 Å². The maximum Gasteiger partial charge on any atom is 0.238 e. The van der Waals surface area contributed by atoms with Crippen LogP contribution in [0.15, 0.2) is 29.2 Å². The largest absolute Gasteiger partial charge is 0.368 e. The Morgan fingerprint density at radius 1 is 1.56 bits per heavy atom. The molecule has 1 amide bonds. The van der Waals surface area contributed by atoms with Crippen molar-refractivity contribution in [2.45, 2.75) is 36.2 Å². The minimum atomic E-state index is -0.676. The van der Waals surface area contributed by atoms with E-state index in [2.05, 4.69) is 5.32 Å². The molecule has 98 valence electrons. The van der Waals surface area contributed by atoms with Crippen molar-refractivity contribution in [1.82, 2.24) is 5.32 Å². The van der Waals surface area contributed by atoms with Gasteiger partial charge in [0.25, 0.3) is 0 Å². The third-order valence-electron chi connectivity index (χ3n) is 3.00. The first-order valence-electron chi connectivity index (χ1n) is 5.96. The third kappa shape index (κ3) is 3.40. The lowest BCUT2D eigenvalue weighted by atomic mass is 10.1. The quantitative estimate of drug-likeness (QED) is 0.789. The maximum absolute atomic E-state index is 11.6. The van der Waals surface area contributed by atoms with Crippen LogP contribution in [0.3, 0.4) is 0 Å². The van der Waals surface area contributed by atoms with Crippen molar-refractivity contribution in [2.24, 2.45) is 5.73 Å². The van der Waals surface area contributed by atoms with Crippen LogP contribution in [0.2, 0.25) is 5.02 Å². The predicted octanol–water partition coefficient (Wildman–Crippen LogP) is 2.43. The lowest BCUT2D eigenvalue weighted by Gasteiger charge is -2.27. The highest BCUT2D eigenvalue weighted by atomic mass is 35.5. The maximum atomic E-state index is 11.6. The summed E-state index contributed by atoms with van der Waals surface area (Å²) in [7, 11) is 0. The molecule has 2 rings (SSSR count). The molecule has 1 atom stereocenters. The smallest absolute Gasteiger partial charge is 0.238 e. The summed E-state index contributed by atoms with van der Waals surface area (Å²) in [4.78, 5) is 12.6. The van der Waals surface area contributed by atoms with Gasteiger partial charge in [0.05, 0.1) is 5.02 Å². The number of hydrogen-bond donors (Lipinski definition) is 2. The molecule has 0 radical (unpaired) electrons. The summed E-state index contributed by atoms with van der Waals surface area (Å²) in [6.07, 6.45) is 2.25. The van der Waals surface area contributed by atoms with Gasteiger partial charge in [-0.25, -0.2) is 0 Å². The van der Waals surface area contributed by atoms with Gasteiger partial charge in [-0.15, -0.1) is 11.8 Å². The van der Waals surface area contributed by atoms with Crippen molar-refractivity contribution >= 4 is 29.3 Å². The fourth-order valence-electron chi connectivity index (χ4n) is 1.65. The van der Waals surface area contributed by atoms with E-state index in [1.807, 2.05) is 31.2 Å². The first-order valence-corrected chi connectivity index (χ1v) is 7.32. The van der Waals surface area contributed by atoms with E-state index >= 15 is 0 Å². The number of nitrogens with one attached hydrogen (secondary N) is 1. The van der Waals surface area contributed by atoms with E-state index < -0.39 is 5.54 Å². The molecule has 18 heavy (non-hydrogen) atoms. The highest BCUT2D eigenvalue weighted by molar-refractivity contribution is 7.99. The van der Waals surface area contributed by atoms with Gasteiger partial charge in [0.1, 0.15) is 5.54 Å². The average Bonchev–Trinajstić information content (AvgIpc) is 3.11. The van der Waals surface area contributed by atoms with Crippen molar-refractivity contribution in [2.75, 3.05) is 5.75 Å². The molecule has 5 heteroatoms. The van der Waals surface area contributed by atoms with Gasteiger partial charge in [-0.1, -0.05) is 23.7 Å². The molecule has 3 N–H and O–H groups in total. The van der Waals surface area contributed by atoms with Crippen LogP contribution in [0.25, 0.3) is 0 Å². The first kappa shape index (κ1) is 13.7. The number of rotatable bonds is 6. The summed E-state index contributed by atoms with van der Waals surface area (Å²) in [5.41, 5.74) is 4.83. The van der Waals surface area contributed by atoms with Crippen LogP contribution in [0.4, 0.5) is 0 Å². The number of nitrogens with two attached hydrogens (primary N) is 1. The van der Waals surface area contributed by atoms with E-state index in [9.17, 15) is 4.79 Å². The SMILES string of the molecule is CC(CSc1ccccc1Cl)(NC1CC1)C(N)=O. The van der Waals surface area contributed by atoms with Crippen LogP contribution in [0.1, 0.15) is 19.8 Å². The number of thioether (sulfide) groups is 1. The molecule has 1 aliphatic carbocycles. The van der Waals surface area contributed by atoms with E-state index in [1.54, 1.807) is 11.8 Å². The molecule has 1 aromatic rings. The number of benzene rings is 1. The fourth-order valence-corrected chi connectivity index (χ4v) is 3.00. The number of hydrogen-bond acceptors (Lipinski definition) is 3. The number of halogens is 1. The highest BCUT2D eigenvalue weighted by Crippen LogP contribution is 2.31. The second-order valence-electron chi connectivity index (χ2n) is 4.83. The number of carbonyl (C=O) groups is 1. The lowest BCUT2D eigenvalue weighted by molar-refractivity contribution is -0.123. The zero-order valence-electron chi connectivity index (χ0n) is 10.3. The van der Waals surface area contributed by atoms with Crippen LogP contribution >= 0.6 is 23.4 Å². The molecule has 1 aliphatic rings. The van der Waals surface area contributed by atoms with Gasteiger partial charge in [0.2, 0.25) is 5.91 Å². The molecule has 1 aromatic carbocycles. The van der Waals surface area contributed by atoms with Gasteiger partial charge in [0.15, 0.2) is 0 Å². The Morgan fingerprint density at radius 2 is 2.22 bits per heavy atom. The monoisotopic (exact) mass is 284 g/mol. The second-order valence-corrected chi connectivity index (χ2v) is 6.26. The fraction of sp³-hybridized carbons (Fsp3) is 0.462. The Hall–Kier alpha value is -0.710. The summed E-state index contributed by atoms with van der Waals surface area (Å²) in [6.45, 7) is 1.86. The molecular formula is C13H17ClN2OS. The van der Waals surface area contributed by atoms with Crippen molar-refractivity contribution in [1.29, 1.82) is 0 Å². The molecule has 1 saturated carbocycles. The van der Waals surface area contributed by atoms with Crippen LogP contribution in [0.5, 0.6) is 0 Å². The minimum Gasteiger partial charge on any atom is -0.368 e. The summed E-state index contributed by atoms with van der Waals surface area (Å²) in [5.74, 6) is 0.275. The van der Waals surface area contributed by atoms with Gasteiger partial charge in [-0.3, -0.25) is 4.79 Å². The van der Waals surface area contributed by atoms with Gasteiger partial charge >= 0.3 is 0 Å². The standard InChI is InChI=1S/C13H17ClN2OS/c1-13(12(15)17,16-9-6-7-9)8-18-11-5-3-2-4-10(11)14/h2-5,9,16H,6-8H2,1H3,(H2,15,17). The summed E-state index contributed by atoms with van der Waals surface area (Å²) in [5, 5.41) is 4.03. The molecule has 3 nitrogen and oxygen atoms in total. The average molecular weight is 285 g/mol. The van der Waals surface area contributed by atoms with E-state index in [0.29, 0.717) is 16.8 Å². The Balaban J connectivity index is 2.01. The minimum absolute atomic E-state index is 0.311. The van der Waals surface area contributed by atoms with Crippen LogP contribution in [-0.4, -0.2) is 23.2 Å². The van der Waals surface area contributed by atoms with Crippen molar-refractivity contribution < 1.29 is 4.79 Å². The van der Waals surface area contributed by atoms with Crippen molar-refractivity contribution in [3.8, 4) is 0 Å². The lowest BCUT2D eigenvalue weighted by Crippen LogP contribution is -2.55. The number of amides is 1. The van der Waals surface area contributed by atoms with E-state index in [4.69, 9.17) is 17.3 Å². The molecule has 0 aromatic heterocycles. The van der Waals surface area contributed by atoms with Crippen LogP contribution in [-0.2, 0) is 4.79 Å². The van der Waals surface area contributed by atoms with E-state index in [-0.39, 0.29) is 5.91 Å². The molecule has 0 heterocycles. The van der Waals surface area contributed by atoms with Gasteiger partial charge in [-0.05, 0) is 31.9 Å². The topological polar surface area (TPSA) is 55.1 Å². The normalized spacial score (nSPS) is 18.3. The van der Waals surface area contributed by atoms with E-state index in [0.717, 1.165) is 17.7 Å². The highest BCUT2D eigenvalue weighted by Gasteiger charge is 2.37. The molecule has 1 unspecified atom stereocenters. The Morgan fingerprint density at radius 3 is 2.78 bits per heavy atom. The molecular weight excluding hydrogens is 268 g/mol. The van der Waals surface area contributed by atoms with Gasteiger partial charge in [-0.2, -0.15) is 0 Å². The van der Waals surface area contributed by atoms with Crippen molar-refractivity contribution in [3.63, 3.8) is 0 Å². The Labute approximate surface area is 116 Å². The first-order chi connectivity index (χ1) is 8.51. The Bertz CT molecular complexity index is 450. The van der Waals surface area contributed by atoms with Crippen LogP contribution < -0.4 is 11.1 Å². The molecule has 0 aliphatic heterocycles. The zero-order chi connectivity index (χ0) is 13.2. The number of primary amides is 1. The third-order valence-corrected chi connectivity index (χ3v) is 4.83. The molecule has 0 bridgehead atoms. The zero-order valence-corrected chi connectivity index (χ0v) is 11.9. The summed E-state index contributed by atoms with van der Waals surface area (Å²) < 4.78 is 0.